The molecule has 0 aliphatic heterocycles. The summed E-state index contributed by atoms with van der Waals surface area (Å²) in [6, 6.07) is 11.6. The number of aromatic nitrogens is 1. The lowest BCUT2D eigenvalue weighted by molar-refractivity contribution is -0.119. The zero-order valence-electron chi connectivity index (χ0n) is 17.3. The summed E-state index contributed by atoms with van der Waals surface area (Å²) < 4.78 is 0. The molecule has 0 saturated carbocycles. The van der Waals surface area contributed by atoms with Crippen molar-refractivity contribution in [3.8, 4) is 0 Å². The van der Waals surface area contributed by atoms with E-state index in [-0.39, 0.29) is 11.8 Å². The third kappa shape index (κ3) is 8.11. The zero-order chi connectivity index (χ0) is 21.1. The number of pyridine rings is 1. The van der Waals surface area contributed by atoms with E-state index in [1.54, 1.807) is 12.3 Å². The van der Waals surface area contributed by atoms with Gasteiger partial charge in [-0.3, -0.25) is 4.79 Å². The first kappa shape index (κ1) is 22.7. The largest absolute Gasteiger partial charge is 0.357 e. The van der Waals surface area contributed by atoms with E-state index in [1.165, 1.54) is 0 Å². The standard InChI is InChI=1S/C22H30ClN5O/c1-4-16(3)21(29)28-19-8-6-7-18(13-19)15-27-22(24-5-2)25-12-11-17-9-10-20(23)26-14-17/h6-10,13-14,16H,4-5,11-12,15H2,1-3H3,(H,28,29)(H2,24,25,27). The van der Waals surface area contributed by atoms with Crippen molar-refractivity contribution in [1.29, 1.82) is 0 Å². The number of aliphatic imine (C=N–C) groups is 1. The van der Waals surface area contributed by atoms with E-state index in [0.717, 1.165) is 48.7 Å². The number of amides is 1. The number of hydrogen-bond donors (Lipinski definition) is 3. The van der Waals surface area contributed by atoms with Gasteiger partial charge in [-0.25, -0.2) is 9.98 Å². The summed E-state index contributed by atoms with van der Waals surface area (Å²) in [4.78, 5) is 20.8. The highest BCUT2D eigenvalue weighted by molar-refractivity contribution is 6.29. The van der Waals surface area contributed by atoms with E-state index < -0.39 is 0 Å². The third-order valence-electron chi connectivity index (χ3n) is 4.51. The molecule has 6 nitrogen and oxygen atoms in total. The number of hydrogen-bond acceptors (Lipinski definition) is 3. The van der Waals surface area contributed by atoms with Crippen LogP contribution in [0.1, 0.15) is 38.3 Å². The summed E-state index contributed by atoms with van der Waals surface area (Å²) in [5.74, 6) is 0.792. The molecule has 0 radical (unpaired) electrons. The molecule has 1 unspecified atom stereocenters. The SMILES string of the molecule is CCNC(=NCc1cccc(NC(=O)C(C)CC)c1)NCCc1ccc(Cl)nc1. The second-order valence-corrected chi connectivity index (χ2v) is 7.25. The molecule has 29 heavy (non-hydrogen) atoms. The van der Waals surface area contributed by atoms with Crippen molar-refractivity contribution in [3.05, 3.63) is 58.9 Å². The van der Waals surface area contributed by atoms with Crippen LogP contribution in [0.15, 0.2) is 47.6 Å². The van der Waals surface area contributed by atoms with Gasteiger partial charge in [0.1, 0.15) is 5.15 Å². The summed E-state index contributed by atoms with van der Waals surface area (Å²) in [5.41, 5.74) is 2.95. The van der Waals surface area contributed by atoms with Crippen LogP contribution in [-0.2, 0) is 17.8 Å². The Bertz CT molecular complexity index is 807. The lowest BCUT2D eigenvalue weighted by Crippen LogP contribution is -2.38. The predicted octanol–water partition coefficient (Wildman–Crippen LogP) is 4.02. The van der Waals surface area contributed by atoms with Crippen molar-refractivity contribution in [2.75, 3.05) is 18.4 Å². The Morgan fingerprint density at radius 1 is 1.17 bits per heavy atom. The summed E-state index contributed by atoms with van der Waals surface area (Å²) in [6.45, 7) is 8.00. The Kier molecular flexibility index (Phi) is 9.44. The molecule has 0 saturated heterocycles. The van der Waals surface area contributed by atoms with Crippen LogP contribution in [0.2, 0.25) is 5.15 Å². The third-order valence-corrected chi connectivity index (χ3v) is 4.74. The van der Waals surface area contributed by atoms with E-state index in [0.29, 0.717) is 11.7 Å². The van der Waals surface area contributed by atoms with Crippen LogP contribution in [0.25, 0.3) is 0 Å². The van der Waals surface area contributed by atoms with Crippen molar-refractivity contribution in [2.24, 2.45) is 10.9 Å². The van der Waals surface area contributed by atoms with Gasteiger partial charge in [0.15, 0.2) is 5.96 Å². The molecule has 2 rings (SSSR count). The van der Waals surface area contributed by atoms with Crippen molar-refractivity contribution in [2.45, 2.75) is 40.2 Å². The average Bonchev–Trinajstić information content (AvgIpc) is 2.73. The maximum absolute atomic E-state index is 12.1. The van der Waals surface area contributed by atoms with Gasteiger partial charge in [0, 0.05) is 30.9 Å². The number of benzene rings is 1. The molecule has 1 heterocycles. The van der Waals surface area contributed by atoms with Gasteiger partial charge in [-0.2, -0.15) is 0 Å². The Balaban J connectivity index is 1.92. The van der Waals surface area contributed by atoms with Gasteiger partial charge in [0.2, 0.25) is 5.91 Å². The van der Waals surface area contributed by atoms with Gasteiger partial charge >= 0.3 is 0 Å². The number of anilines is 1. The number of nitrogens with zero attached hydrogens (tertiary/aromatic N) is 2. The fourth-order valence-corrected chi connectivity index (χ4v) is 2.70. The van der Waals surface area contributed by atoms with Gasteiger partial charge in [-0.15, -0.1) is 0 Å². The first-order valence-corrected chi connectivity index (χ1v) is 10.4. The Morgan fingerprint density at radius 3 is 2.69 bits per heavy atom. The minimum atomic E-state index is -0.00271. The maximum Gasteiger partial charge on any atom is 0.227 e. The maximum atomic E-state index is 12.1. The van der Waals surface area contributed by atoms with Gasteiger partial charge < -0.3 is 16.0 Å². The number of nitrogens with one attached hydrogen (secondary N) is 3. The fraction of sp³-hybridized carbons (Fsp3) is 0.409. The highest BCUT2D eigenvalue weighted by atomic mass is 35.5. The summed E-state index contributed by atoms with van der Waals surface area (Å²) in [5, 5.41) is 10.0. The zero-order valence-corrected chi connectivity index (χ0v) is 18.1. The normalized spacial score (nSPS) is 12.3. The molecule has 2 aromatic rings. The summed E-state index contributed by atoms with van der Waals surface area (Å²) in [6.07, 6.45) is 3.43. The van der Waals surface area contributed by atoms with Crippen LogP contribution in [0, 0.1) is 5.92 Å². The number of halogens is 1. The molecule has 0 fully saturated rings. The molecule has 7 heteroatoms. The minimum Gasteiger partial charge on any atom is -0.357 e. The van der Waals surface area contributed by atoms with Crippen molar-refractivity contribution < 1.29 is 4.79 Å². The Labute approximate surface area is 178 Å². The van der Waals surface area contributed by atoms with Crippen LogP contribution in [0.4, 0.5) is 5.69 Å². The van der Waals surface area contributed by atoms with E-state index in [1.807, 2.05) is 51.1 Å². The predicted molar refractivity (Wildman–Crippen MR) is 120 cm³/mol. The van der Waals surface area contributed by atoms with Crippen LogP contribution in [0.3, 0.4) is 0 Å². The molecule has 0 bridgehead atoms. The Morgan fingerprint density at radius 2 is 2.00 bits per heavy atom. The summed E-state index contributed by atoms with van der Waals surface area (Å²) in [7, 11) is 0. The molecule has 1 aromatic carbocycles. The quantitative estimate of drug-likeness (QED) is 0.328. The second-order valence-electron chi connectivity index (χ2n) is 6.86. The highest BCUT2D eigenvalue weighted by Crippen LogP contribution is 2.14. The molecule has 0 aliphatic carbocycles. The van der Waals surface area contributed by atoms with Crippen molar-refractivity contribution in [1.82, 2.24) is 15.6 Å². The van der Waals surface area contributed by atoms with Gasteiger partial charge in [-0.1, -0.05) is 43.6 Å². The molecular formula is C22H30ClN5O. The van der Waals surface area contributed by atoms with Gasteiger partial charge in [0.05, 0.1) is 6.54 Å². The van der Waals surface area contributed by atoms with Crippen molar-refractivity contribution >= 4 is 29.2 Å². The first-order valence-electron chi connectivity index (χ1n) is 10.0. The van der Waals surface area contributed by atoms with Crippen LogP contribution in [-0.4, -0.2) is 29.9 Å². The number of rotatable bonds is 9. The highest BCUT2D eigenvalue weighted by Gasteiger charge is 2.10. The topological polar surface area (TPSA) is 78.4 Å². The molecule has 3 N–H and O–H groups in total. The fourth-order valence-electron chi connectivity index (χ4n) is 2.59. The number of guanidine groups is 1. The lowest BCUT2D eigenvalue weighted by Gasteiger charge is -2.12. The van der Waals surface area contributed by atoms with E-state index in [2.05, 4.69) is 25.9 Å². The second kappa shape index (κ2) is 12.1. The van der Waals surface area contributed by atoms with Crippen LogP contribution >= 0.6 is 11.6 Å². The van der Waals surface area contributed by atoms with Crippen LogP contribution in [0.5, 0.6) is 0 Å². The van der Waals surface area contributed by atoms with Crippen molar-refractivity contribution in [3.63, 3.8) is 0 Å². The molecule has 1 atom stereocenters. The molecule has 0 spiro atoms. The minimum absolute atomic E-state index is 0.00271. The average molecular weight is 416 g/mol. The monoisotopic (exact) mass is 415 g/mol. The van der Waals surface area contributed by atoms with Gasteiger partial charge in [0.25, 0.3) is 0 Å². The first-order chi connectivity index (χ1) is 14.0. The number of carbonyl (C=O) groups excluding carboxylic acids is 1. The molecular weight excluding hydrogens is 386 g/mol. The van der Waals surface area contributed by atoms with Crippen LogP contribution < -0.4 is 16.0 Å². The Hall–Kier alpha value is -2.60. The van der Waals surface area contributed by atoms with E-state index in [9.17, 15) is 4.79 Å². The molecule has 0 aliphatic rings. The van der Waals surface area contributed by atoms with E-state index in [4.69, 9.17) is 11.6 Å². The smallest absolute Gasteiger partial charge is 0.227 e. The molecule has 156 valence electrons. The summed E-state index contributed by atoms with van der Waals surface area (Å²) >= 11 is 5.82. The number of carbonyl (C=O) groups is 1. The molecule has 1 aromatic heterocycles. The molecule has 1 amide bonds. The van der Waals surface area contributed by atoms with Gasteiger partial charge in [-0.05, 0) is 49.1 Å². The van der Waals surface area contributed by atoms with E-state index >= 15 is 0 Å². The lowest BCUT2D eigenvalue weighted by atomic mass is 10.1.